The number of carbonyl (C=O) groups is 1. The molecule has 0 aromatic heterocycles. The molecule has 7 heteroatoms. The molecule has 1 aromatic rings. The normalized spacial score (nSPS) is 24.5. The minimum absolute atomic E-state index is 0.120. The van der Waals surface area contributed by atoms with E-state index < -0.39 is 15.4 Å². The van der Waals surface area contributed by atoms with Crippen molar-refractivity contribution in [1.29, 1.82) is 0 Å². The van der Waals surface area contributed by atoms with E-state index in [-0.39, 0.29) is 18.2 Å². The molecule has 1 saturated heterocycles. The number of rotatable bonds is 4. The number of sulfonamides is 1. The first-order valence-electron chi connectivity index (χ1n) is 7.41. The number of hydrogen-bond acceptors (Lipinski definition) is 4. The molecular weight excluding hydrogens is 304 g/mol. The Morgan fingerprint density at radius 2 is 2.18 bits per heavy atom. The zero-order valence-electron chi connectivity index (χ0n) is 12.8. The van der Waals surface area contributed by atoms with Crippen LogP contribution in [0.15, 0.2) is 18.2 Å². The first kappa shape index (κ1) is 15.3. The fourth-order valence-corrected chi connectivity index (χ4v) is 4.88. The van der Waals surface area contributed by atoms with Gasteiger partial charge in [0.1, 0.15) is 5.75 Å². The third kappa shape index (κ3) is 2.19. The van der Waals surface area contributed by atoms with Crippen molar-refractivity contribution in [3.8, 4) is 5.75 Å². The average molecular weight is 324 g/mol. The first-order valence-corrected chi connectivity index (χ1v) is 9.01. The fourth-order valence-electron chi connectivity index (χ4n) is 3.32. The lowest BCUT2D eigenvalue weighted by atomic mass is 9.81. The predicted molar refractivity (Wildman–Crippen MR) is 83.6 cm³/mol. The summed E-state index contributed by atoms with van der Waals surface area (Å²) in [6.45, 7) is 2.43. The Morgan fingerprint density at radius 1 is 1.41 bits per heavy atom. The summed E-state index contributed by atoms with van der Waals surface area (Å²) in [5.74, 6) is 0.671. The van der Waals surface area contributed by atoms with Crippen molar-refractivity contribution in [3.05, 3.63) is 23.8 Å². The summed E-state index contributed by atoms with van der Waals surface area (Å²) in [7, 11) is -1.72. The smallest absolute Gasteiger partial charge is 0.236 e. The van der Waals surface area contributed by atoms with Crippen LogP contribution in [0.4, 0.5) is 5.69 Å². The molecule has 1 spiro atoms. The summed E-state index contributed by atoms with van der Waals surface area (Å²) >= 11 is 0. The van der Waals surface area contributed by atoms with E-state index in [9.17, 15) is 13.2 Å². The minimum Gasteiger partial charge on any atom is -0.497 e. The van der Waals surface area contributed by atoms with Crippen molar-refractivity contribution in [2.45, 2.75) is 25.2 Å². The number of benzene rings is 1. The van der Waals surface area contributed by atoms with Gasteiger partial charge < -0.3 is 10.1 Å². The number of ether oxygens (including phenoxy) is 1. The molecule has 22 heavy (non-hydrogen) atoms. The highest BCUT2D eigenvalue weighted by molar-refractivity contribution is 7.89. The Labute approximate surface area is 130 Å². The van der Waals surface area contributed by atoms with Crippen molar-refractivity contribution < 1.29 is 17.9 Å². The Morgan fingerprint density at radius 3 is 2.86 bits per heavy atom. The van der Waals surface area contributed by atoms with Crippen LogP contribution in [0.1, 0.15) is 25.3 Å². The Kier molecular flexibility index (Phi) is 3.65. The molecular formula is C15H20N2O4S. The maximum atomic E-state index is 12.5. The minimum atomic E-state index is -3.29. The van der Waals surface area contributed by atoms with E-state index in [0.717, 1.165) is 11.3 Å². The van der Waals surface area contributed by atoms with Gasteiger partial charge in [-0.05, 0) is 36.6 Å². The lowest BCUT2D eigenvalue weighted by Gasteiger charge is -2.22. The van der Waals surface area contributed by atoms with Gasteiger partial charge in [0.15, 0.2) is 0 Å². The molecule has 2 heterocycles. The van der Waals surface area contributed by atoms with Gasteiger partial charge in [0.25, 0.3) is 0 Å². The summed E-state index contributed by atoms with van der Waals surface area (Å²) in [6.07, 6.45) is 1.07. The first-order chi connectivity index (χ1) is 10.4. The lowest BCUT2D eigenvalue weighted by Crippen LogP contribution is -2.39. The van der Waals surface area contributed by atoms with Gasteiger partial charge in [-0.15, -0.1) is 0 Å². The van der Waals surface area contributed by atoms with Crippen LogP contribution in [-0.2, 0) is 20.2 Å². The topological polar surface area (TPSA) is 75.7 Å². The molecule has 1 N–H and O–H groups in total. The van der Waals surface area contributed by atoms with Gasteiger partial charge in [-0.3, -0.25) is 4.79 Å². The van der Waals surface area contributed by atoms with E-state index in [1.807, 2.05) is 19.1 Å². The zero-order valence-corrected chi connectivity index (χ0v) is 13.6. The molecule has 120 valence electrons. The van der Waals surface area contributed by atoms with Gasteiger partial charge in [-0.1, -0.05) is 6.92 Å². The highest BCUT2D eigenvalue weighted by Crippen LogP contribution is 2.46. The highest BCUT2D eigenvalue weighted by Gasteiger charge is 2.53. The molecule has 1 fully saturated rings. The Bertz CT molecular complexity index is 716. The molecule has 1 atom stereocenters. The SMILES string of the molecule is CCCS(=O)(=O)N1CC[C@@]2(C1)C(=O)Nc1ccc(OC)cc12. The highest BCUT2D eigenvalue weighted by atomic mass is 32.2. The molecule has 0 saturated carbocycles. The number of amides is 1. The van der Waals surface area contributed by atoms with Crippen molar-refractivity contribution in [2.75, 3.05) is 31.3 Å². The second kappa shape index (κ2) is 5.24. The molecule has 0 aliphatic carbocycles. The van der Waals surface area contributed by atoms with Gasteiger partial charge in [0, 0.05) is 18.8 Å². The number of carbonyl (C=O) groups excluding carboxylic acids is 1. The number of hydrogen-bond donors (Lipinski definition) is 1. The van der Waals surface area contributed by atoms with Gasteiger partial charge in [0.2, 0.25) is 15.9 Å². The average Bonchev–Trinajstić information content (AvgIpc) is 3.04. The van der Waals surface area contributed by atoms with Gasteiger partial charge in [-0.2, -0.15) is 0 Å². The van der Waals surface area contributed by atoms with Crippen molar-refractivity contribution in [2.24, 2.45) is 0 Å². The summed E-state index contributed by atoms with van der Waals surface area (Å²) in [5.41, 5.74) is 0.802. The standard InChI is InChI=1S/C15H20N2O4S/c1-3-8-22(19,20)17-7-6-15(10-17)12-9-11(21-2)4-5-13(12)16-14(15)18/h4-5,9H,3,6-8,10H2,1-2H3,(H,16,18)/t15-/m0/s1. The monoisotopic (exact) mass is 324 g/mol. The van der Waals surface area contributed by atoms with Crippen LogP contribution in [0, 0.1) is 0 Å². The van der Waals surface area contributed by atoms with Crippen LogP contribution >= 0.6 is 0 Å². The fraction of sp³-hybridized carbons (Fsp3) is 0.533. The van der Waals surface area contributed by atoms with Crippen LogP contribution in [-0.4, -0.2) is 44.6 Å². The maximum absolute atomic E-state index is 12.5. The molecule has 0 radical (unpaired) electrons. The molecule has 2 aliphatic heterocycles. The van der Waals surface area contributed by atoms with E-state index >= 15 is 0 Å². The van der Waals surface area contributed by atoms with Crippen LogP contribution in [0.25, 0.3) is 0 Å². The maximum Gasteiger partial charge on any atom is 0.236 e. The lowest BCUT2D eigenvalue weighted by molar-refractivity contribution is -0.120. The van der Waals surface area contributed by atoms with E-state index in [4.69, 9.17) is 4.74 Å². The summed E-state index contributed by atoms with van der Waals surface area (Å²) < 4.78 is 31.3. The zero-order chi connectivity index (χ0) is 16.0. The molecule has 6 nitrogen and oxygen atoms in total. The van der Waals surface area contributed by atoms with Crippen LogP contribution in [0.5, 0.6) is 5.75 Å². The number of anilines is 1. The second-order valence-corrected chi connectivity index (χ2v) is 7.94. The molecule has 1 aromatic carbocycles. The molecule has 2 aliphatic rings. The third-order valence-corrected chi connectivity index (χ3v) is 6.54. The van der Waals surface area contributed by atoms with Crippen molar-refractivity contribution in [1.82, 2.24) is 4.31 Å². The summed E-state index contributed by atoms with van der Waals surface area (Å²) in [5, 5.41) is 2.87. The number of methoxy groups -OCH3 is 1. The van der Waals surface area contributed by atoms with E-state index in [0.29, 0.717) is 25.1 Å². The Hall–Kier alpha value is -1.60. The largest absolute Gasteiger partial charge is 0.497 e. The van der Waals surface area contributed by atoms with Gasteiger partial charge >= 0.3 is 0 Å². The van der Waals surface area contributed by atoms with Gasteiger partial charge in [-0.25, -0.2) is 12.7 Å². The van der Waals surface area contributed by atoms with E-state index in [2.05, 4.69) is 5.32 Å². The summed E-state index contributed by atoms with van der Waals surface area (Å²) in [6, 6.07) is 5.44. The van der Waals surface area contributed by atoms with Crippen molar-refractivity contribution in [3.63, 3.8) is 0 Å². The van der Waals surface area contributed by atoms with E-state index in [1.165, 1.54) is 4.31 Å². The van der Waals surface area contributed by atoms with Crippen LogP contribution < -0.4 is 10.1 Å². The number of fused-ring (bicyclic) bond motifs is 2. The van der Waals surface area contributed by atoms with Crippen LogP contribution in [0.3, 0.4) is 0 Å². The third-order valence-electron chi connectivity index (χ3n) is 4.51. The summed E-state index contributed by atoms with van der Waals surface area (Å²) in [4.78, 5) is 12.5. The molecule has 1 amide bonds. The predicted octanol–water partition coefficient (Wildman–Crippen LogP) is 1.33. The number of nitrogens with zero attached hydrogens (tertiary/aromatic N) is 1. The van der Waals surface area contributed by atoms with Crippen LogP contribution in [0.2, 0.25) is 0 Å². The molecule has 0 bridgehead atoms. The van der Waals surface area contributed by atoms with E-state index in [1.54, 1.807) is 13.2 Å². The molecule has 0 unspecified atom stereocenters. The van der Waals surface area contributed by atoms with Crippen molar-refractivity contribution >= 4 is 21.6 Å². The Balaban J connectivity index is 1.98. The quantitative estimate of drug-likeness (QED) is 0.906. The number of nitrogens with one attached hydrogen (secondary N) is 1. The second-order valence-electron chi connectivity index (χ2n) is 5.85. The molecule has 3 rings (SSSR count). The van der Waals surface area contributed by atoms with Gasteiger partial charge in [0.05, 0.1) is 18.3 Å².